The molecule has 0 saturated carbocycles. The lowest BCUT2D eigenvalue weighted by Gasteiger charge is -2.28. The van der Waals surface area contributed by atoms with Gasteiger partial charge < -0.3 is 20.0 Å². The SMILES string of the molecule is O=C(C[NH2+][C@H](c1ccccc1)c1ccco1)Nc1ccc(N2CCCCC2)cc1. The first-order valence-electron chi connectivity index (χ1n) is 10.4. The van der Waals surface area contributed by atoms with Crippen molar-refractivity contribution in [2.75, 3.05) is 29.9 Å². The van der Waals surface area contributed by atoms with Gasteiger partial charge in [0.2, 0.25) is 0 Å². The Morgan fingerprint density at radius 3 is 2.41 bits per heavy atom. The third-order valence-electron chi connectivity index (χ3n) is 5.42. The summed E-state index contributed by atoms with van der Waals surface area (Å²) in [6, 6.07) is 22.1. The van der Waals surface area contributed by atoms with Gasteiger partial charge in [-0.15, -0.1) is 0 Å². The summed E-state index contributed by atoms with van der Waals surface area (Å²) >= 11 is 0. The van der Waals surface area contributed by atoms with Crippen LogP contribution in [0.5, 0.6) is 0 Å². The van der Waals surface area contributed by atoms with Crippen molar-refractivity contribution in [3.8, 4) is 0 Å². The van der Waals surface area contributed by atoms with Gasteiger partial charge in [0.1, 0.15) is 0 Å². The smallest absolute Gasteiger partial charge is 0.279 e. The highest BCUT2D eigenvalue weighted by Gasteiger charge is 2.21. The summed E-state index contributed by atoms with van der Waals surface area (Å²) in [6.45, 7) is 2.55. The van der Waals surface area contributed by atoms with E-state index in [0.717, 1.165) is 30.1 Å². The van der Waals surface area contributed by atoms with E-state index in [9.17, 15) is 4.79 Å². The van der Waals surface area contributed by atoms with E-state index in [-0.39, 0.29) is 11.9 Å². The van der Waals surface area contributed by atoms with Crippen LogP contribution in [0, 0.1) is 0 Å². The molecule has 1 aliphatic heterocycles. The molecular weight excluding hydrogens is 362 g/mol. The molecule has 0 bridgehead atoms. The number of nitrogens with two attached hydrogens (primary N) is 1. The second-order valence-electron chi connectivity index (χ2n) is 7.49. The molecule has 1 amide bonds. The molecule has 5 nitrogen and oxygen atoms in total. The van der Waals surface area contributed by atoms with Crippen LogP contribution in [0.4, 0.5) is 11.4 Å². The maximum Gasteiger partial charge on any atom is 0.279 e. The zero-order valence-corrected chi connectivity index (χ0v) is 16.6. The first-order valence-corrected chi connectivity index (χ1v) is 10.4. The Kier molecular flexibility index (Phi) is 6.27. The van der Waals surface area contributed by atoms with E-state index >= 15 is 0 Å². The molecular formula is C24H28N3O2+. The molecule has 0 unspecified atom stereocenters. The predicted molar refractivity (Wildman–Crippen MR) is 115 cm³/mol. The van der Waals surface area contributed by atoms with E-state index < -0.39 is 0 Å². The van der Waals surface area contributed by atoms with Crippen molar-refractivity contribution in [1.82, 2.24) is 0 Å². The average molecular weight is 391 g/mol. The molecule has 0 spiro atoms. The molecule has 29 heavy (non-hydrogen) atoms. The van der Waals surface area contributed by atoms with Gasteiger partial charge in [-0.05, 0) is 55.7 Å². The number of nitrogens with zero attached hydrogens (tertiary/aromatic N) is 1. The quantitative estimate of drug-likeness (QED) is 0.648. The Morgan fingerprint density at radius 2 is 1.72 bits per heavy atom. The third kappa shape index (κ3) is 5.06. The number of furan rings is 1. The highest BCUT2D eigenvalue weighted by molar-refractivity contribution is 5.91. The van der Waals surface area contributed by atoms with E-state index in [1.54, 1.807) is 6.26 Å². The van der Waals surface area contributed by atoms with Crippen molar-refractivity contribution >= 4 is 17.3 Å². The molecule has 1 aromatic heterocycles. The Hall–Kier alpha value is -3.05. The number of hydrogen-bond acceptors (Lipinski definition) is 3. The Labute approximate surface area is 171 Å². The van der Waals surface area contributed by atoms with Crippen LogP contribution in [0.15, 0.2) is 77.4 Å². The van der Waals surface area contributed by atoms with Crippen LogP contribution < -0.4 is 15.5 Å². The maximum atomic E-state index is 12.5. The van der Waals surface area contributed by atoms with Crippen LogP contribution in [0.1, 0.15) is 36.6 Å². The molecule has 0 aliphatic carbocycles. The van der Waals surface area contributed by atoms with Crippen molar-refractivity contribution in [2.24, 2.45) is 0 Å². The fourth-order valence-corrected chi connectivity index (χ4v) is 3.89. The first kappa shape index (κ1) is 19.3. The van der Waals surface area contributed by atoms with E-state index in [0.29, 0.717) is 6.54 Å². The summed E-state index contributed by atoms with van der Waals surface area (Å²) in [5, 5.41) is 5.01. The molecule has 0 radical (unpaired) electrons. The van der Waals surface area contributed by atoms with Crippen LogP contribution >= 0.6 is 0 Å². The molecule has 5 heteroatoms. The molecule has 2 heterocycles. The molecule has 1 aliphatic rings. The molecule has 2 aromatic carbocycles. The van der Waals surface area contributed by atoms with Crippen LogP contribution in [-0.2, 0) is 4.79 Å². The van der Waals surface area contributed by atoms with Gasteiger partial charge in [0.15, 0.2) is 18.3 Å². The molecule has 3 aromatic rings. The lowest BCUT2D eigenvalue weighted by Crippen LogP contribution is -2.87. The number of amides is 1. The molecule has 4 rings (SSSR count). The predicted octanol–water partition coefficient (Wildman–Crippen LogP) is 3.56. The Balaban J connectivity index is 1.35. The van der Waals surface area contributed by atoms with Gasteiger partial charge >= 0.3 is 0 Å². The number of quaternary nitrogens is 1. The van der Waals surface area contributed by atoms with Crippen molar-refractivity contribution in [3.63, 3.8) is 0 Å². The van der Waals surface area contributed by atoms with Crippen molar-refractivity contribution in [1.29, 1.82) is 0 Å². The number of rotatable bonds is 7. The second-order valence-corrected chi connectivity index (χ2v) is 7.49. The summed E-state index contributed by atoms with van der Waals surface area (Å²) in [4.78, 5) is 14.9. The lowest BCUT2D eigenvalue weighted by molar-refractivity contribution is -0.678. The van der Waals surface area contributed by atoms with Gasteiger partial charge in [0.05, 0.1) is 6.26 Å². The largest absolute Gasteiger partial charge is 0.463 e. The van der Waals surface area contributed by atoms with Crippen molar-refractivity contribution in [2.45, 2.75) is 25.3 Å². The normalized spacial score (nSPS) is 15.1. The van der Waals surface area contributed by atoms with Gasteiger partial charge in [-0.25, -0.2) is 0 Å². The van der Waals surface area contributed by atoms with E-state index in [1.807, 2.05) is 47.8 Å². The number of hydrogen-bond donors (Lipinski definition) is 2. The minimum atomic E-state index is -0.0431. The number of benzene rings is 2. The summed E-state index contributed by atoms with van der Waals surface area (Å²) in [6.07, 6.45) is 5.51. The standard InChI is InChI=1S/C24H27N3O2/c28-23(26-20-11-13-21(14-12-20)27-15-5-2-6-16-27)18-25-24(22-10-7-17-29-22)19-8-3-1-4-9-19/h1,3-4,7-14,17,24-25H,2,5-6,15-16,18H2,(H,26,28)/p+1/t24-/m1/s1. The van der Waals surface area contributed by atoms with E-state index in [4.69, 9.17) is 4.42 Å². The van der Waals surface area contributed by atoms with Crippen LogP contribution in [-0.4, -0.2) is 25.5 Å². The summed E-state index contributed by atoms with van der Waals surface area (Å²) in [5.41, 5.74) is 3.18. The molecule has 1 atom stereocenters. The van der Waals surface area contributed by atoms with Crippen molar-refractivity contribution in [3.05, 3.63) is 84.3 Å². The van der Waals surface area contributed by atoms with Gasteiger partial charge in [0, 0.05) is 30.0 Å². The molecule has 3 N–H and O–H groups in total. The lowest BCUT2D eigenvalue weighted by atomic mass is 10.0. The number of piperidine rings is 1. The monoisotopic (exact) mass is 390 g/mol. The summed E-state index contributed by atoms with van der Waals surface area (Å²) in [5.74, 6) is 0.818. The minimum Gasteiger partial charge on any atom is -0.463 e. The van der Waals surface area contributed by atoms with Gasteiger partial charge in [0.25, 0.3) is 5.91 Å². The van der Waals surface area contributed by atoms with Gasteiger partial charge in [-0.2, -0.15) is 0 Å². The maximum absolute atomic E-state index is 12.5. The Bertz CT molecular complexity index is 886. The van der Waals surface area contributed by atoms with Crippen molar-refractivity contribution < 1.29 is 14.5 Å². The molecule has 150 valence electrons. The van der Waals surface area contributed by atoms with Crippen LogP contribution in [0.2, 0.25) is 0 Å². The fraction of sp³-hybridized carbons (Fsp3) is 0.292. The highest BCUT2D eigenvalue weighted by Crippen LogP contribution is 2.22. The minimum absolute atomic E-state index is 0.0248. The first-order chi connectivity index (χ1) is 14.3. The van der Waals surface area contributed by atoms with E-state index in [1.165, 1.54) is 24.9 Å². The molecule has 1 fully saturated rings. The summed E-state index contributed by atoms with van der Waals surface area (Å²) in [7, 11) is 0. The molecule has 1 saturated heterocycles. The zero-order chi connectivity index (χ0) is 19.9. The fourth-order valence-electron chi connectivity index (χ4n) is 3.89. The number of anilines is 2. The number of carbonyl (C=O) groups excluding carboxylic acids is 1. The van der Waals surface area contributed by atoms with E-state index in [2.05, 4.69) is 34.5 Å². The zero-order valence-electron chi connectivity index (χ0n) is 16.6. The highest BCUT2D eigenvalue weighted by atomic mass is 16.3. The van der Waals surface area contributed by atoms with Gasteiger partial charge in [-0.1, -0.05) is 30.3 Å². The number of carbonyl (C=O) groups is 1. The van der Waals surface area contributed by atoms with Gasteiger partial charge in [-0.3, -0.25) is 4.79 Å². The second kappa shape index (κ2) is 9.43. The topological polar surface area (TPSA) is 62.1 Å². The van der Waals surface area contributed by atoms with Crippen LogP contribution in [0.3, 0.4) is 0 Å². The third-order valence-corrected chi connectivity index (χ3v) is 5.42. The summed E-state index contributed by atoms with van der Waals surface area (Å²) < 4.78 is 5.60. The average Bonchev–Trinajstić information content (AvgIpc) is 3.30. The Morgan fingerprint density at radius 1 is 0.966 bits per heavy atom. The van der Waals surface area contributed by atoms with Crippen LogP contribution in [0.25, 0.3) is 0 Å². The number of nitrogens with one attached hydrogen (secondary N) is 1.